The van der Waals surface area contributed by atoms with Gasteiger partial charge in [0.15, 0.2) is 11.5 Å². The zero-order chi connectivity index (χ0) is 36.6. The third kappa shape index (κ3) is 7.05. The number of nitrogens with one attached hydrogen (secondary N) is 2. The Labute approximate surface area is 296 Å². The van der Waals surface area contributed by atoms with E-state index in [0.29, 0.717) is 23.8 Å². The van der Waals surface area contributed by atoms with Crippen molar-refractivity contribution in [3.63, 3.8) is 0 Å². The van der Waals surface area contributed by atoms with Gasteiger partial charge in [-0.1, -0.05) is 23.9 Å². The average molecular weight is 739 g/mol. The number of β-lactam (4-membered cyclic amide) rings is 1. The molecule has 1 saturated heterocycles. The highest BCUT2D eigenvalue weighted by Gasteiger charge is 2.54. The molecule has 3 atom stereocenters. The van der Waals surface area contributed by atoms with Gasteiger partial charge < -0.3 is 40.4 Å². The molecule has 51 heavy (non-hydrogen) atoms. The number of carbonyl (C=O) groups excluding carboxylic acids is 3. The highest BCUT2D eigenvalue weighted by atomic mass is 32.2. The quantitative estimate of drug-likeness (QED) is 0.0656. The Morgan fingerprint density at radius 3 is 2.55 bits per heavy atom. The molecule has 1 fully saturated rings. The zero-order valence-electron chi connectivity index (χ0n) is 26.8. The molecule has 2 aromatic carbocycles. The molecule has 2 aliphatic heterocycles. The summed E-state index contributed by atoms with van der Waals surface area (Å²) in [6.07, 6.45) is 0.841. The van der Waals surface area contributed by atoms with Crippen molar-refractivity contribution in [2.45, 2.75) is 29.2 Å². The van der Waals surface area contributed by atoms with Gasteiger partial charge in [0.1, 0.15) is 46.3 Å². The van der Waals surface area contributed by atoms with Crippen molar-refractivity contribution in [1.82, 2.24) is 40.6 Å². The van der Waals surface area contributed by atoms with E-state index in [4.69, 9.17) is 4.42 Å². The molecule has 266 valence electrons. The molecule has 3 amide bonds. The number of thioether (sulfide) groups is 2. The Morgan fingerprint density at radius 2 is 1.84 bits per heavy atom. The van der Waals surface area contributed by atoms with Gasteiger partial charge in [0, 0.05) is 24.1 Å². The normalized spacial score (nSPS) is 17.6. The number of carboxylic acid groups (broad SMARTS) is 1. The maximum absolute atomic E-state index is 13.8. The lowest BCUT2D eigenvalue weighted by Crippen LogP contribution is -2.71. The van der Waals surface area contributed by atoms with Crippen LogP contribution in [0.1, 0.15) is 22.0 Å². The fourth-order valence-electron chi connectivity index (χ4n) is 5.40. The Hall–Kier alpha value is -5.60. The van der Waals surface area contributed by atoms with E-state index >= 15 is 0 Å². The Morgan fingerprint density at radius 1 is 1.12 bits per heavy atom. The minimum atomic E-state index is -1.49. The van der Waals surface area contributed by atoms with E-state index < -0.39 is 63.6 Å². The fraction of sp³-hybridized carbons (Fsp3) is 0.290. The summed E-state index contributed by atoms with van der Waals surface area (Å²) in [7, 11) is 3.82. The molecule has 1 unspecified atom stereocenters. The third-order valence-electron chi connectivity index (χ3n) is 8.06. The monoisotopic (exact) mass is 738 g/mol. The number of tetrazole rings is 1. The summed E-state index contributed by atoms with van der Waals surface area (Å²) in [6.45, 7) is 1.20. The number of likely N-dealkylation sites (N-methyl/N-ethyl adjacent to an activating group) is 1. The van der Waals surface area contributed by atoms with Crippen LogP contribution in [0.5, 0.6) is 17.2 Å². The molecule has 6 N–H and O–H groups in total. The lowest BCUT2D eigenvalue weighted by molar-refractivity contribution is -0.151. The first kappa shape index (κ1) is 35.2. The minimum absolute atomic E-state index is 0.102. The van der Waals surface area contributed by atoms with Gasteiger partial charge in [0.05, 0.1) is 11.9 Å². The molecule has 2 aromatic heterocycles. The molecule has 0 radical (unpaired) electrons. The Kier molecular flexibility index (Phi) is 9.90. The van der Waals surface area contributed by atoms with Crippen LogP contribution in [0.3, 0.4) is 0 Å². The first-order valence-corrected chi connectivity index (χ1v) is 17.2. The largest absolute Gasteiger partial charge is 0.508 e. The van der Waals surface area contributed by atoms with E-state index in [1.54, 1.807) is 4.68 Å². The van der Waals surface area contributed by atoms with Gasteiger partial charge in [-0.2, -0.15) is 0 Å². The summed E-state index contributed by atoms with van der Waals surface area (Å²) in [5, 5.41) is 55.8. The van der Waals surface area contributed by atoms with Crippen molar-refractivity contribution in [2.24, 2.45) is 0 Å². The molecule has 0 spiro atoms. The van der Waals surface area contributed by atoms with Gasteiger partial charge in [0.2, 0.25) is 16.5 Å². The molecule has 2 aliphatic rings. The van der Waals surface area contributed by atoms with Crippen LogP contribution in [0.2, 0.25) is 0 Å². The van der Waals surface area contributed by atoms with E-state index in [1.165, 1.54) is 47.8 Å². The maximum atomic E-state index is 13.8. The van der Waals surface area contributed by atoms with Crippen molar-refractivity contribution < 1.29 is 44.0 Å². The number of aromatic hydroxyl groups is 3. The van der Waals surface area contributed by atoms with Gasteiger partial charge in [0.25, 0.3) is 11.8 Å². The standard InChI is InChI=1S/C31H30N8O10S2/c1-37(2)7-8-38-31(34-35-36-38)51-13-15-12-50-29-23(28(46)39(29)24(15)30(47)48)33-27(45)22(14-3-5-16(40)6-4-14)32-26(44)18-11-49-21-10-20(42)19(41)9-17(21)25(18)43/h3-6,9-11,22-23,29,40-42H,7-8,12-13H2,1-2H3,(H,32,44)(H,33,45)(H,47,48)/t22?,23-,29+/m1/s1. The molecule has 20 heteroatoms. The fourth-order valence-corrected chi connectivity index (χ4v) is 7.79. The lowest BCUT2D eigenvalue weighted by atomic mass is 10.0. The van der Waals surface area contributed by atoms with E-state index in [2.05, 4.69) is 26.2 Å². The average Bonchev–Trinajstić information content (AvgIpc) is 3.55. The second-order valence-electron chi connectivity index (χ2n) is 11.7. The molecular weight excluding hydrogens is 709 g/mol. The summed E-state index contributed by atoms with van der Waals surface area (Å²) in [5.41, 5.74) is -1.02. The van der Waals surface area contributed by atoms with E-state index in [0.717, 1.165) is 23.3 Å². The molecule has 0 bridgehead atoms. The van der Waals surface area contributed by atoms with Gasteiger partial charge in [-0.15, -0.1) is 16.9 Å². The van der Waals surface area contributed by atoms with Crippen LogP contribution in [-0.4, -0.2) is 118 Å². The zero-order valence-corrected chi connectivity index (χ0v) is 28.5. The van der Waals surface area contributed by atoms with Gasteiger partial charge >= 0.3 is 5.97 Å². The van der Waals surface area contributed by atoms with Crippen LogP contribution >= 0.6 is 23.5 Å². The van der Waals surface area contributed by atoms with Crippen molar-refractivity contribution >= 4 is 58.2 Å². The van der Waals surface area contributed by atoms with E-state index in [1.807, 2.05) is 19.0 Å². The maximum Gasteiger partial charge on any atom is 0.352 e. The number of nitrogens with zero attached hydrogens (tertiary/aromatic N) is 6. The smallest absolute Gasteiger partial charge is 0.352 e. The lowest BCUT2D eigenvalue weighted by Gasteiger charge is -2.49. The number of hydrogen-bond donors (Lipinski definition) is 6. The number of benzene rings is 2. The van der Waals surface area contributed by atoms with Crippen LogP contribution < -0.4 is 16.1 Å². The predicted octanol–water partition coefficient (Wildman–Crippen LogP) is 0.460. The molecule has 4 heterocycles. The highest BCUT2D eigenvalue weighted by Crippen LogP contribution is 2.41. The molecule has 4 aromatic rings. The number of phenolic OH excluding ortho intramolecular Hbond substituents is 3. The summed E-state index contributed by atoms with van der Waals surface area (Å²) in [4.78, 5) is 69.2. The number of carbonyl (C=O) groups is 4. The number of hydrogen-bond acceptors (Lipinski definition) is 15. The summed E-state index contributed by atoms with van der Waals surface area (Å²) < 4.78 is 6.93. The van der Waals surface area contributed by atoms with Gasteiger partial charge in [-0.3, -0.25) is 24.1 Å². The Bertz CT molecular complexity index is 2130. The van der Waals surface area contributed by atoms with Crippen molar-refractivity contribution in [2.75, 3.05) is 32.1 Å². The molecular formula is C31H30N8O10S2. The SMILES string of the molecule is CN(C)CCn1nnnc1SCC1=C(C(=O)O)N2C(=O)[C@@H](NC(=O)C(NC(=O)c3coc4cc(O)c(O)cc4c3=O)c3ccc(O)cc3)[C@@H]2SC1. The minimum Gasteiger partial charge on any atom is -0.508 e. The van der Waals surface area contributed by atoms with Crippen LogP contribution in [0.25, 0.3) is 11.0 Å². The number of phenols is 3. The molecule has 18 nitrogen and oxygen atoms in total. The summed E-state index contributed by atoms with van der Waals surface area (Å²) in [5.74, 6) is -4.73. The van der Waals surface area contributed by atoms with Crippen LogP contribution in [0.4, 0.5) is 0 Å². The number of amides is 3. The highest BCUT2D eigenvalue weighted by molar-refractivity contribution is 8.01. The second-order valence-corrected chi connectivity index (χ2v) is 13.8. The van der Waals surface area contributed by atoms with Crippen molar-refractivity contribution in [3.8, 4) is 17.2 Å². The van der Waals surface area contributed by atoms with Crippen LogP contribution in [0, 0.1) is 0 Å². The number of fused-ring (bicyclic) bond motifs is 2. The topological polar surface area (TPSA) is 254 Å². The number of aliphatic carboxylic acids is 1. The van der Waals surface area contributed by atoms with Gasteiger partial charge in [-0.05, 0) is 53.9 Å². The van der Waals surface area contributed by atoms with Crippen LogP contribution in [-0.2, 0) is 20.9 Å². The molecule has 0 aliphatic carbocycles. The Balaban J connectivity index is 1.20. The first-order valence-electron chi connectivity index (χ1n) is 15.2. The molecule has 0 saturated carbocycles. The second kappa shape index (κ2) is 14.3. The third-order valence-corrected chi connectivity index (χ3v) is 10.4. The summed E-state index contributed by atoms with van der Waals surface area (Å²) in [6, 6.07) is 4.58. The van der Waals surface area contributed by atoms with E-state index in [9.17, 15) is 44.4 Å². The predicted molar refractivity (Wildman–Crippen MR) is 181 cm³/mol. The molecule has 6 rings (SSSR count). The van der Waals surface area contributed by atoms with Gasteiger partial charge in [-0.25, -0.2) is 9.48 Å². The van der Waals surface area contributed by atoms with Crippen molar-refractivity contribution in [1.29, 1.82) is 0 Å². The number of aromatic nitrogens is 4. The van der Waals surface area contributed by atoms with Crippen molar-refractivity contribution in [3.05, 3.63) is 75.3 Å². The first-order chi connectivity index (χ1) is 24.3. The number of carboxylic acids is 1. The number of rotatable bonds is 12. The summed E-state index contributed by atoms with van der Waals surface area (Å²) >= 11 is 2.49. The van der Waals surface area contributed by atoms with E-state index in [-0.39, 0.29) is 39.5 Å². The van der Waals surface area contributed by atoms with Crippen LogP contribution in [0.15, 0.2) is 68.3 Å².